The van der Waals surface area contributed by atoms with Crippen LogP contribution in [0.25, 0.3) is 11.2 Å². The summed E-state index contributed by atoms with van der Waals surface area (Å²) < 4.78 is 3.58. The third-order valence-electron chi connectivity index (χ3n) is 4.45. The average molecular weight is 314 g/mol. The Labute approximate surface area is 132 Å². The first-order valence-electron chi connectivity index (χ1n) is 7.49. The fourth-order valence-corrected chi connectivity index (χ4v) is 3.99. The molecule has 1 unspecified atom stereocenters. The lowest BCUT2D eigenvalue weighted by Gasteiger charge is -2.15. The molecule has 0 aliphatic carbocycles. The van der Waals surface area contributed by atoms with Crippen molar-refractivity contribution in [2.75, 3.05) is 13.1 Å². The van der Waals surface area contributed by atoms with Crippen molar-refractivity contribution >= 4 is 22.5 Å². The lowest BCUT2D eigenvalue weighted by molar-refractivity contribution is 0.316. The van der Waals surface area contributed by atoms with Crippen LogP contribution in [0, 0.1) is 0 Å². The number of likely N-dealkylation sites (tertiary alicyclic amines) is 1. The van der Waals surface area contributed by atoms with Gasteiger partial charge < -0.3 is 0 Å². The minimum Gasteiger partial charge on any atom is -0.297 e. The highest BCUT2D eigenvalue weighted by Gasteiger charge is 2.27. The van der Waals surface area contributed by atoms with Crippen LogP contribution in [0.4, 0.5) is 0 Å². The molecule has 114 valence electrons. The third-order valence-corrected chi connectivity index (χ3v) is 5.18. The first-order chi connectivity index (χ1) is 10.7. The maximum Gasteiger partial charge on any atom is 0.330 e. The monoisotopic (exact) mass is 314 g/mol. The molecule has 1 aliphatic heterocycles. The third kappa shape index (κ3) is 2.19. The molecule has 0 bridgehead atoms. The molecule has 3 aromatic rings. The van der Waals surface area contributed by atoms with Gasteiger partial charge in [-0.25, -0.2) is 9.78 Å². The van der Waals surface area contributed by atoms with E-state index in [0.29, 0.717) is 0 Å². The Morgan fingerprint density at radius 3 is 3.14 bits per heavy atom. The molecule has 6 heteroatoms. The fraction of sp³-hybridized carbons (Fsp3) is 0.375. The van der Waals surface area contributed by atoms with Crippen LogP contribution in [0.5, 0.6) is 0 Å². The van der Waals surface area contributed by atoms with Crippen LogP contribution in [-0.4, -0.2) is 32.1 Å². The first-order valence-corrected chi connectivity index (χ1v) is 8.43. The van der Waals surface area contributed by atoms with Gasteiger partial charge in [0.2, 0.25) is 0 Å². The normalized spacial score (nSPS) is 19.2. The second-order valence-electron chi connectivity index (χ2n) is 5.87. The van der Waals surface area contributed by atoms with Crippen molar-refractivity contribution in [3.05, 3.63) is 51.2 Å². The summed E-state index contributed by atoms with van der Waals surface area (Å²) >= 11 is 1.73. The van der Waals surface area contributed by atoms with E-state index in [0.717, 1.165) is 37.2 Å². The summed E-state index contributed by atoms with van der Waals surface area (Å²) in [5.74, 6) is 0. The van der Waals surface area contributed by atoms with Crippen LogP contribution >= 0.6 is 11.3 Å². The largest absolute Gasteiger partial charge is 0.330 e. The molecule has 3 aromatic heterocycles. The molecule has 1 aliphatic rings. The van der Waals surface area contributed by atoms with Gasteiger partial charge in [-0.05, 0) is 40.9 Å². The summed E-state index contributed by atoms with van der Waals surface area (Å²) in [6.45, 7) is 2.90. The van der Waals surface area contributed by atoms with Gasteiger partial charge in [0.05, 0.1) is 11.6 Å². The highest BCUT2D eigenvalue weighted by atomic mass is 32.1. The molecule has 0 spiro atoms. The number of hydrogen-bond acceptors (Lipinski definition) is 4. The predicted octanol–water partition coefficient (Wildman–Crippen LogP) is 2.24. The molecule has 1 fully saturated rings. The van der Waals surface area contributed by atoms with Crippen molar-refractivity contribution in [1.29, 1.82) is 0 Å². The Hall–Kier alpha value is -1.92. The van der Waals surface area contributed by atoms with E-state index in [1.165, 1.54) is 5.56 Å². The van der Waals surface area contributed by atoms with Gasteiger partial charge >= 0.3 is 5.69 Å². The van der Waals surface area contributed by atoms with Gasteiger partial charge in [0, 0.05) is 32.9 Å². The summed E-state index contributed by atoms with van der Waals surface area (Å²) in [5.41, 5.74) is 3.10. The van der Waals surface area contributed by atoms with Gasteiger partial charge in [0.1, 0.15) is 0 Å². The summed E-state index contributed by atoms with van der Waals surface area (Å²) in [5, 5.41) is 4.31. The molecule has 4 heterocycles. The fourth-order valence-electron chi connectivity index (χ4n) is 3.33. The maximum absolute atomic E-state index is 12.6. The second kappa shape index (κ2) is 5.37. The zero-order valence-corrected chi connectivity index (χ0v) is 13.3. The van der Waals surface area contributed by atoms with E-state index in [1.54, 1.807) is 22.1 Å². The van der Waals surface area contributed by atoms with Crippen LogP contribution < -0.4 is 5.69 Å². The van der Waals surface area contributed by atoms with Gasteiger partial charge in [-0.3, -0.25) is 14.0 Å². The van der Waals surface area contributed by atoms with Crippen molar-refractivity contribution in [2.24, 2.45) is 7.05 Å². The van der Waals surface area contributed by atoms with E-state index < -0.39 is 0 Å². The number of pyridine rings is 1. The molecular formula is C16H18N4OS. The zero-order valence-electron chi connectivity index (χ0n) is 12.5. The van der Waals surface area contributed by atoms with Crippen molar-refractivity contribution in [1.82, 2.24) is 19.0 Å². The van der Waals surface area contributed by atoms with Crippen LogP contribution in [0.1, 0.15) is 18.0 Å². The van der Waals surface area contributed by atoms with Crippen LogP contribution in [0.3, 0.4) is 0 Å². The minimum absolute atomic E-state index is 0.0380. The molecular weight excluding hydrogens is 296 g/mol. The van der Waals surface area contributed by atoms with Gasteiger partial charge in [0.25, 0.3) is 0 Å². The van der Waals surface area contributed by atoms with Crippen molar-refractivity contribution in [3.8, 4) is 0 Å². The van der Waals surface area contributed by atoms with Crippen LogP contribution in [0.2, 0.25) is 0 Å². The van der Waals surface area contributed by atoms with E-state index in [4.69, 9.17) is 0 Å². The smallest absolute Gasteiger partial charge is 0.297 e. The molecule has 0 N–H and O–H groups in total. The van der Waals surface area contributed by atoms with E-state index in [-0.39, 0.29) is 11.7 Å². The number of hydrogen-bond donors (Lipinski definition) is 0. The highest BCUT2D eigenvalue weighted by Crippen LogP contribution is 2.25. The molecule has 0 aromatic carbocycles. The van der Waals surface area contributed by atoms with Gasteiger partial charge in [0.15, 0.2) is 5.65 Å². The molecule has 0 amide bonds. The molecule has 0 saturated carbocycles. The minimum atomic E-state index is 0.0380. The Balaban J connectivity index is 1.64. The number of aromatic nitrogens is 3. The van der Waals surface area contributed by atoms with E-state index >= 15 is 0 Å². The number of aryl methyl sites for hydroxylation is 1. The molecule has 22 heavy (non-hydrogen) atoms. The van der Waals surface area contributed by atoms with E-state index in [2.05, 4.69) is 26.7 Å². The summed E-state index contributed by atoms with van der Waals surface area (Å²) in [4.78, 5) is 19.4. The maximum atomic E-state index is 12.6. The predicted molar refractivity (Wildman–Crippen MR) is 88.2 cm³/mol. The summed E-state index contributed by atoms with van der Waals surface area (Å²) in [7, 11) is 1.82. The average Bonchev–Trinajstić information content (AvgIpc) is 3.24. The van der Waals surface area contributed by atoms with Gasteiger partial charge in [-0.15, -0.1) is 0 Å². The Bertz CT molecular complexity index is 849. The molecule has 0 radical (unpaired) electrons. The molecule has 1 saturated heterocycles. The summed E-state index contributed by atoms with van der Waals surface area (Å²) in [6.07, 6.45) is 2.76. The topological polar surface area (TPSA) is 43.1 Å². The molecule has 4 rings (SSSR count). The zero-order chi connectivity index (χ0) is 15.1. The second-order valence-corrected chi connectivity index (χ2v) is 6.65. The highest BCUT2D eigenvalue weighted by molar-refractivity contribution is 7.07. The van der Waals surface area contributed by atoms with Crippen LogP contribution in [0.15, 0.2) is 40.0 Å². The van der Waals surface area contributed by atoms with E-state index in [9.17, 15) is 4.79 Å². The summed E-state index contributed by atoms with van der Waals surface area (Å²) in [6, 6.07) is 6.22. The van der Waals surface area contributed by atoms with Crippen molar-refractivity contribution < 1.29 is 0 Å². The van der Waals surface area contributed by atoms with Gasteiger partial charge in [-0.2, -0.15) is 11.3 Å². The number of rotatable bonds is 3. The van der Waals surface area contributed by atoms with E-state index in [1.807, 2.05) is 23.7 Å². The molecule has 1 atom stereocenters. The van der Waals surface area contributed by atoms with Gasteiger partial charge in [-0.1, -0.05) is 0 Å². The van der Waals surface area contributed by atoms with Crippen molar-refractivity contribution in [3.63, 3.8) is 0 Å². The lowest BCUT2D eigenvalue weighted by atomic mass is 10.2. The number of fused-ring (bicyclic) bond motifs is 1. The van der Waals surface area contributed by atoms with Crippen molar-refractivity contribution in [2.45, 2.75) is 19.0 Å². The number of thiophene rings is 1. The van der Waals surface area contributed by atoms with Crippen LogP contribution in [-0.2, 0) is 13.6 Å². The quantitative estimate of drug-likeness (QED) is 0.745. The Morgan fingerprint density at radius 1 is 1.41 bits per heavy atom. The number of imidazole rings is 1. The standard InChI is InChI=1S/C16H18N4OS/c1-18-14-3-2-6-17-15(14)20(16(18)21)13-4-7-19(10-13)9-12-5-8-22-11-12/h2-3,5-6,8,11,13H,4,7,9-10H2,1H3. The lowest BCUT2D eigenvalue weighted by Crippen LogP contribution is -2.28. The molecule has 5 nitrogen and oxygen atoms in total. The number of nitrogens with zero attached hydrogens (tertiary/aromatic N) is 4. The Kier molecular flexibility index (Phi) is 3.35. The SMILES string of the molecule is Cn1c(=O)n(C2CCN(Cc3ccsc3)C2)c2ncccc21. The Morgan fingerprint density at radius 2 is 2.32 bits per heavy atom. The first kappa shape index (κ1) is 13.7.